The summed E-state index contributed by atoms with van der Waals surface area (Å²) in [4.78, 5) is 30.9. The number of nitrogens with zero attached hydrogens (tertiary/aromatic N) is 2. The van der Waals surface area contributed by atoms with Crippen LogP contribution in [0.1, 0.15) is 12.8 Å². The Morgan fingerprint density at radius 2 is 1.85 bits per heavy atom. The van der Waals surface area contributed by atoms with Crippen LogP contribution in [0.4, 0.5) is 5.69 Å². The number of aromatic nitrogens is 1. The van der Waals surface area contributed by atoms with Crippen LogP contribution in [0, 0.1) is 5.92 Å². The molecule has 140 valence electrons. The van der Waals surface area contributed by atoms with Crippen molar-refractivity contribution in [3.8, 4) is 11.5 Å². The SMILES string of the molecule is O=C(Nc1cccnc1)C1CCN(C(=O)[C@@H]2COc3ccccc3O2)CC1. The van der Waals surface area contributed by atoms with Crippen LogP contribution in [-0.4, -0.2) is 47.5 Å². The number of hydrogen-bond donors (Lipinski definition) is 1. The summed E-state index contributed by atoms with van der Waals surface area (Å²) in [5.41, 5.74) is 0.687. The largest absolute Gasteiger partial charge is 0.485 e. The van der Waals surface area contributed by atoms with Crippen LogP contribution in [0.3, 0.4) is 0 Å². The van der Waals surface area contributed by atoms with E-state index in [1.165, 1.54) is 0 Å². The van der Waals surface area contributed by atoms with Crippen molar-refractivity contribution in [2.24, 2.45) is 5.92 Å². The van der Waals surface area contributed by atoms with Gasteiger partial charge in [-0.05, 0) is 37.1 Å². The van der Waals surface area contributed by atoms with Crippen molar-refractivity contribution in [3.05, 3.63) is 48.8 Å². The average molecular weight is 367 g/mol. The number of carbonyl (C=O) groups is 2. The number of para-hydroxylation sites is 2. The number of benzene rings is 1. The number of nitrogens with one attached hydrogen (secondary N) is 1. The van der Waals surface area contributed by atoms with Gasteiger partial charge in [0, 0.05) is 25.2 Å². The number of anilines is 1. The first kappa shape index (κ1) is 17.3. The van der Waals surface area contributed by atoms with E-state index in [1.807, 2.05) is 24.3 Å². The number of piperidine rings is 1. The van der Waals surface area contributed by atoms with Gasteiger partial charge in [0.1, 0.15) is 6.61 Å². The van der Waals surface area contributed by atoms with Crippen molar-refractivity contribution < 1.29 is 19.1 Å². The van der Waals surface area contributed by atoms with Gasteiger partial charge in [0.05, 0.1) is 11.9 Å². The van der Waals surface area contributed by atoms with Gasteiger partial charge in [0.15, 0.2) is 11.5 Å². The molecule has 1 N–H and O–H groups in total. The number of ether oxygens (including phenoxy) is 2. The number of pyridine rings is 1. The molecule has 3 heterocycles. The molecule has 7 heteroatoms. The van der Waals surface area contributed by atoms with Crippen LogP contribution >= 0.6 is 0 Å². The fourth-order valence-electron chi connectivity index (χ4n) is 3.39. The third-order valence-corrected chi connectivity index (χ3v) is 4.89. The van der Waals surface area contributed by atoms with Crippen LogP contribution in [0.25, 0.3) is 0 Å². The Hall–Kier alpha value is -3.09. The molecule has 1 fully saturated rings. The topological polar surface area (TPSA) is 80.8 Å². The molecular weight excluding hydrogens is 346 g/mol. The van der Waals surface area contributed by atoms with Crippen LogP contribution in [0.5, 0.6) is 11.5 Å². The number of fused-ring (bicyclic) bond motifs is 1. The van der Waals surface area contributed by atoms with Crippen LogP contribution in [0.2, 0.25) is 0 Å². The Morgan fingerprint density at radius 3 is 2.59 bits per heavy atom. The summed E-state index contributed by atoms with van der Waals surface area (Å²) in [7, 11) is 0. The lowest BCUT2D eigenvalue weighted by Crippen LogP contribution is -2.49. The fourth-order valence-corrected chi connectivity index (χ4v) is 3.39. The maximum Gasteiger partial charge on any atom is 0.267 e. The highest BCUT2D eigenvalue weighted by Gasteiger charge is 2.34. The Morgan fingerprint density at radius 1 is 1.07 bits per heavy atom. The number of carbonyl (C=O) groups excluding carboxylic acids is 2. The molecule has 4 rings (SSSR count). The predicted octanol–water partition coefficient (Wildman–Crippen LogP) is 2.10. The van der Waals surface area contributed by atoms with Crippen molar-refractivity contribution in [1.29, 1.82) is 0 Å². The molecule has 2 aliphatic heterocycles. The minimum atomic E-state index is -0.638. The van der Waals surface area contributed by atoms with E-state index in [0.29, 0.717) is 43.1 Å². The Bertz CT molecular complexity index is 819. The Balaban J connectivity index is 1.30. The minimum absolute atomic E-state index is 0.0266. The first-order chi connectivity index (χ1) is 13.2. The van der Waals surface area contributed by atoms with Gasteiger partial charge in [-0.25, -0.2) is 0 Å². The normalized spacial score (nSPS) is 19.4. The standard InChI is InChI=1S/C20H21N3O4/c24-19(22-15-4-3-9-21-12-15)14-7-10-23(11-8-14)20(25)18-13-26-16-5-1-2-6-17(16)27-18/h1-6,9,12,14,18H,7-8,10-11,13H2,(H,22,24)/t18-/m0/s1. The lowest BCUT2D eigenvalue weighted by molar-refractivity contribution is -0.143. The van der Waals surface area contributed by atoms with E-state index < -0.39 is 6.10 Å². The molecule has 0 spiro atoms. The molecule has 2 aliphatic rings. The van der Waals surface area contributed by atoms with Crippen LogP contribution in [-0.2, 0) is 9.59 Å². The van der Waals surface area contributed by atoms with Crippen molar-refractivity contribution in [2.75, 3.05) is 25.0 Å². The Kier molecular flexibility index (Phi) is 4.91. The highest BCUT2D eigenvalue weighted by atomic mass is 16.6. The second-order valence-electron chi connectivity index (χ2n) is 6.69. The zero-order valence-electron chi connectivity index (χ0n) is 14.8. The fraction of sp³-hybridized carbons (Fsp3) is 0.350. The smallest absolute Gasteiger partial charge is 0.267 e. The van der Waals surface area contributed by atoms with E-state index in [1.54, 1.807) is 29.4 Å². The maximum absolute atomic E-state index is 12.7. The summed E-state index contributed by atoms with van der Waals surface area (Å²) in [6, 6.07) is 10.9. The number of likely N-dealkylation sites (tertiary alicyclic amines) is 1. The third-order valence-electron chi connectivity index (χ3n) is 4.89. The van der Waals surface area contributed by atoms with Gasteiger partial charge >= 0.3 is 0 Å². The number of amides is 2. The summed E-state index contributed by atoms with van der Waals surface area (Å²) in [6.07, 6.45) is 3.90. The molecule has 27 heavy (non-hydrogen) atoms. The van der Waals surface area contributed by atoms with Crippen molar-refractivity contribution in [3.63, 3.8) is 0 Å². The van der Waals surface area contributed by atoms with Gasteiger partial charge in [0.2, 0.25) is 12.0 Å². The third kappa shape index (κ3) is 3.86. The molecule has 0 radical (unpaired) electrons. The maximum atomic E-state index is 12.7. The van der Waals surface area contributed by atoms with Gasteiger partial charge in [-0.3, -0.25) is 14.6 Å². The zero-order valence-corrected chi connectivity index (χ0v) is 14.8. The lowest BCUT2D eigenvalue weighted by atomic mass is 9.95. The molecule has 0 bridgehead atoms. The highest BCUT2D eigenvalue weighted by Crippen LogP contribution is 2.31. The second kappa shape index (κ2) is 7.65. The van der Waals surface area contributed by atoms with E-state index in [0.717, 1.165) is 0 Å². The van der Waals surface area contributed by atoms with Gasteiger partial charge < -0.3 is 19.7 Å². The van der Waals surface area contributed by atoms with E-state index in [4.69, 9.17) is 9.47 Å². The molecule has 1 saturated heterocycles. The Labute approximate surface area is 157 Å². The van der Waals surface area contributed by atoms with E-state index in [-0.39, 0.29) is 24.3 Å². The summed E-state index contributed by atoms with van der Waals surface area (Å²) in [5.74, 6) is 1.02. The van der Waals surface area contributed by atoms with Crippen molar-refractivity contribution >= 4 is 17.5 Å². The first-order valence-corrected chi connectivity index (χ1v) is 9.09. The molecule has 1 atom stereocenters. The summed E-state index contributed by atoms with van der Waals surface area (Å²) in [6.45, 7) is 1.27. The molecule has 1 aromatic carbocycles. The molecule has 7 nitrogen and oxygen atoms in total. The van der Waals surface area contributed by atoms with E-state index in [9.17, 15) is 9.59 Å². The van der Waals surface area contributed by atoms with Crippen LogP contribution in [0.15, 0.2) is 48.8 Å². The summed E-state index contributed by atoms with van der Waals surface area (Å²) >= 11 is 0. The molecule has 1 aromatic heterocycles. The molecular formula is C20H21N3O4. The minimum Gasteiger partial charge on any atom is -0.485 e. The van der Waals surface area contributed by atoms with E-state index >= 15 is 0 Å². The molecule has 0 saturated carbocycles. The lowest BCUT2D eigenvalue weighted by Gasteiger charge is -2.35. The summed E-state index contributed by atoms with van der Waals surface area (Å²) < 4.78 is 11.4. The molecule has 0 unspecified atom stereocenters. The van der Waals surface area contributed by atoms with Gasteiger partial charge in [0.25, 0.3) is 5.91 Å². The monoisotopic (exact) mass is 367 g/mol. The van der Waals surface area contributed by atoms with Crippen LogP contribution < -0.4 is 14.8 Å². The molecule has 2 amide bonds. The first-order valence-electron chi connectivity index (χ1n) is 9.09. The van der Waals surface area contributed by atoms with Gasteiger partial charge in [-0.1, -0.05) is 12.1 Å². The van der Waals surface area contributed by atoms with Gasteiger partial charge in [-0.2, -0.15) is 0 Å². The quantitative estimate of drug-likeness (QED) is 0.899. The van der Waals surface area contributed by atoms with E-state index in [2.05, 4.69) is 10.3 Å². The number of rotatable bonds is 3. The predicted molar refractivity (Wildman–Crippen MR) is 98.5 cm³/mol. The van der Waals surface area contributed by atoms with Gasteiger partial charge in [-0.15, -0.1) is 0 Å². The van der Waals surface area contributed by atoms with Crippen molar-refractivity contribution in [2.45, 2.75) is 18.9 Å². The average Bonchev–Trinajstić information content (AvgIpc) is 2.73. The zero-order chi connectivity index (χ0) is 18.6. The summed E-state index contributed by atoms with van der Waals surface area (Å²) in [5, 5.41) is 2.88. The second-order valence-corrected chi connectivity index (χ2v) is 6.69. The number of hydrogen-bond acceptors (Lipinski definition) is 5. The highest BCUT2D eigenvalue weighted by molar-refractivity contribution is 5.92. The van der Waals surface area contributed by atoms with Crippen molar-refractivity contribution in [1.82, 2.24) is 9.88 Å². The molecule has 0 aliphatic carbocycles. The molecule has 2 aromatic rings.